The number of hydrogen-bond acceptors (Lipinski definition) is 2. The summed E-state index contributed by atoms with van der Waals surface area (Å²) in [6.07, 6.45) is 0. The predicted molar refractivity (Wildman–Crippen MR) is 107 cm³/mol. The number of hydrogen-bond donors (Lipinski definition) is 0. The fraction of sp³-hybridized carbons (Fsp3) is 0.0952. The van der Waals surface area contributed by atoms with Gasteiger partial charge in [-0.2, -0.15) is 0 Å². The van der Waals surface area contributed by atoms with Crippen LogP contribution < -0.4 is 28.9 Å². The molecule has 0 radical (unpaired) electrons. The fourth-order valence-electron chi connectivity index (χ4n) is 2.49. The molecule has 3 rings (SSSR count). The molecule has 5 heteroatoms. The molecule has 0 bridgehead atoms. The summed E-state index contributed by atoms with van der Waals surface area (Å²) < 4.78 is 5.77. The van der Waals surface area contributed by atoms with Crippen LogP contribution in [0.2, 0.25) is 5.02 Å². The number of carbonyl (C=O) groups is 1. The maximum atomic E-state index is 12.5. The first-order chi connectivity index (χ1) is 12.1. The number of carbonyl (C=O) groups excluding carboxylic acids is 1. The Morgan fingerprint density at radius 3 is 2.35 bits per heavy atom. The van der Waals surface area contributed by atoms with Crippen LogP contribution in [0.1, 0.15) is 22.9 Å². The molecule has 0 saturated heterocycles. The largest absolute Gasteiger partial charge is 1.00 e. The van der Waals surface area contributed by atoms with Crippen LogP contribution in [0.4, 0.5) is 0 Å². The van der Waals surface area contributed by atoms with Crippen LogP contribution >= 0.6 is 20.2 Å². The molecule has 3 aromatic carbocycles. The molecule has 3 aromatic rings. The SMILES string of the molecule is Cc1cccc(Cl)c1C(=O)Pc1ccc(OCc2ccccc2)cc1.[H-].[Li+]. The van der Waals surface area contributed by atoms with E-state index in [2.05, 4.69) is 0 Å². The Labute approximate surface area is 174 Å². The molecule has 0 N–H and O–H groups in total. The van der Waals surface area contributed by atoms with Crippen molar-refractivity contribution in [2.75, 3.05) is 0 Å². The molecule has 0 aliphatic heterocycles. The smallest absolute Gasteiger partial charge is 1.00 e. The van der Waals surface area contributed by atoms with Gasteiger partial charge in [-0.25, -0.2) is 0 Å². The Bertz CT molecular complexity index is 853. The summed E-state index contributed by atoms with van der Waals surface area (Å²) >= 11 is 6.18. The zero-order valence-corrected chi connectivity index (χ0v) is 16.6. The average molecular weight is 377 g/mol. The van der Waals surface area contributed by atoms with E-state index in [1.54, 1.807) is 6.07 Å². The Morgan fingerprint density at radius 2 is 1.69 bits per heavy atom. The summed E-state index contributed by atoms with van der Waals surface area (Å²) in [7, 11) is 0.0408. The van der Waals surface area contributed by atoms with Crippen LogP contribution in [-0.4, -0.2) is 5.52 Å². The van der Waals surface area contributed by atoms with Crippen molar-refractivity contribution in [1.82, 2.24) is 0 Å². The Hall–Kier alpha value is -1.55. The van der Waals surface area contributed by atoms with Gasteiger partial charge in [0.15, 0.2) is 5.52 Å². The second kappa shape index (κ2) is 9.96. The molecule has 0 aliphatic carbocycles. The molecular weight excluding hydrogens is 358 g/mol. The first-order valence-corrected chi connectivity index (χ1v) is 9.34. The second-order valence-corrected chi connectivity index (χ2v) is 7.37. The third kappa shape index (κ3) is 5.47. The summed E-state index contributed by atoms with van der Waals surface area (Å²) in [6, 6.07) is 23.2. The van der Waals surface area contributed by atoms with Crippen LogP contribution in [0.5, 0.6) is 5.75 Å². The molecule has 0 aromatic heterocycles. The zero-order valence-electron chi connectivity index (χ0n) is 15.8. The first-order valence-electron chi connectivity index (χ1n) is 7.97. The van der Waals surface area contributed by atoms with Gasteiger partial charge in [-0.15, -0.1) is 0 Å². The van der Waals surface area contributed by atoms with Crippen molar-refractivity contribution in [3.05, 3.63) is 94.5 Å². The summed E-state index contributed by atoms with van der Waals surface area (Å²) in [5.41, 5.74) is 2.71. The maximum absolute atomic E-state index is 12.5. The quantitative estimate of drug-likeness (QED) is 0.488. The number of benzene rings is 3. The third-order valence-corrected chi connectivity index (χ3v) is 5.22. The van der Waals surface area contributed by atoms with Gasteiger partial charge in [0.2, 0.25) is 0 Å². The van der Waals surface area contributed by atoms with E-state index in [1.807, 2.05) is 73.7 Å². The van der Waals surface area contributed by atoms with Gasteiger partial charge in [0, 0.05) is 5.56 Å². The zero-order chi connectivity index (χ0) is 17.6. The molecular formula is C21H19ClLiO2P. The van der Waals surface area contributed by atoms with Crippen LogP contribution in [0.3, 0.4) is 0 Å². The molecule has 26 heavy (non-hydrogen) atoms. The van der Waals surface area contributed by atoms with Crippen LogP contribution in [-0.2, 0) is 6.61 Å². The first kappa shape index (κ1) is 20.8. The standard InChI is InChI=1S/C21H18ClO2P.Li.H/c1-15-6-5-9-19(22)20(15)21(23)25-18-12-10-17(11-13-18)24-14-16-7-3-2-4-8-16;;/h2-13,25H,14H2,1H3;;/q;+1;-1. The Balaban J connectivity index is 0.00000182. The maximum Gasteiger partial charge on any atom is 1.00 e. The second-order valence-electron chi connectivity index (χ2n) is 5.68. The van der Waals surface area contributed by atoms with Crippen molar-refractivity contribution in [2.45, 2.75) is 13.5 Å². The number of halogens is 1. The summed E-state index contributed by atoms with van der Waals surface area (Å²) in [6.45, 7) is 2.43. The van der Waals surface area contributed by atoms with Crippen molar-refractivity contribution in [2.24, 2.45) is 0 Å². The van der Waals surface area contributed by atoms with Gasteiger partial charge >= 0.3 is 18.9 Å². The fourth-order valence-corrected chi connectivity index (χ4v) is 3.93. The molecule has 0 aliphatic rings. The minimum Gasteiger partial charge on any atom is -1.00 e. The molecule has 0 amide bonds. The van der Waals surface area contributed by atoms with Gasteiger partial charge in [-0.05, 0) is 50.1 Å². The minimum atomic E-state index is 0. The van der Waals surface area contributed by atoms with Crippen LogP contribution in [0, 0.1) is 6.92 Å². The number of aryl methyl sites for hydroxylation is 1. The monoisotopic (exact) mass is 376 g/mol. The molecule has 0 fully saturated rings. The topological polar surface area (TPSA) is 26.3 Å². The van der Waals surface area contributed by atoms with E-state index >= 15 is 0 Å². The van der Waals surface area contributed by atoms with Crippen LogP contribution in [0.25, 0.3) is 0 Å². The predicted octanol–water partition coefficient (Wildman–Crippen LogP) is 2.49. The molecule has 1 atom stereocenters. The Morgan fingerprint density at radius 1 is 1.00 bits per heavy atom. The normalized spacial score (nSPS) is 10.5. The van der Waals surface area contributed by atoms with Crippen molar-refractivity contribution in [1.29, 1.82) is 0 Å². The molecule has 0 heterocycles. The molecule has 0 saturated carbocycles. The van der Waals surface area contributed by atoms with Crippen molar-refractivity contribution < 1.29 is 29.8 Å². The number of rotatable bonds is 6. The molecule has 2 nitrogen and oxygen atoms in total. The van der Waals surface area contributed by atoms with Gasteiger partial charge in [0.25, 0.3) is 0 Å². The van der Waals surface area contributed by atoms with E-state index in [-0.39, 0.29) is 34.4 Å². The van der Waals surface area contributed by atoms with Crippen molar-refractivity contribution >= 4 is 31.0 Å². The summed E-state index contributed by atoms with van der Waals surface area (Å²) in [5.74, 6) is 0.791. The van der Waals surface area contributed by atoms with Gasteiger partial charge in [0.1, 0.15) is 12.4 Å². The van der Waals surface area contributed by atoms with E-state index in [4.69, 9.17) is 16.3 Å². The van der Waals surface area contributed by atoms with E-state index < -0.39 is 0 Å². The van der Waals surface area contributed by atoms with E-state index in [1.165, 1.54) is 0 Å². The average Bonchev–Trinajstić information content (AvgIpc) is 2.62. The van der Waals surface area contributed by atoms with Gasteiger partial charge < -0.3 is 6.16 Å². The van der Waals surface area contributed by atoms with E-state index in [0.717, 1.165) is 22.2 Å². The van der Waals surface area contributed by atoms with Crippen LogP contribution in [0.15, 0.2) is 72.8 Å². The molecule has 0 spiro atoms. The van der Waals surface area contributed by atoms with Gasteiger partial charge in [-0.1, -0.05) is 66.2 Å². The Kier molecular flexibility index (Phi) is 7.95. The van der Waals surface area contributed by atoms with E-state index in [0.29, 0.717) is 17.2 Å². The van der Waals surface area contributed by atoms with Gasteiger partial charge in [0.05, 0.1) is 5.02 Å². The van der Waals surface area contributed by atoms with Crippen molar-refractivity contribution in [3.63, 3.8) is 0 Å². The van der Waals surface area contributed by atoms with E-state index in [9.17, 15) is 4.79 Å². The van der Waals surface area contributed by atoms with Crippen molar-refractivity contribution in [3.8, 4) is 5.75 Å². The third-order valence-electron chi connectivity index (χ3n) is 3.81. The summed E-state index contributed by atoms with van der Waals surface area (Å²) in [5, 5.41) is 1.48. The molecule has 1 unspecified atom stereocenters. The number of ether oxygens (including phenoxy) is 1. The summed E-state index contributed by atoms with van der Waals surface area (Å²) in [4.78, 5) is 12.5. The minimum absolute atomic E-state index is 0. The van der Waals surface area contributed by atoms with Gasteiger partial charge in [-0.3, -0.25) is 4.79 Å². The molecule has 128 valence electrons.